The number of carbonyl (C=O) groups excluding carboxylic acids is 2. The number of carbonyl (C=O) groups is 2. The van der Waals surface area contributed by atoms with E-state index in [1.807, 2.05) is 24.3 Å². The van der Waals surface area contributed by atoms with Crippen LogP contribution >= 0.6 is 0 Å². The molecule has 0 atom stereocenters. The Morgan fingerprint density at radius 1 is 1.10 bits per heavy atom. The summed E-state index contributed by atoms with van der Waals surface area (Å²) in [5.41, 5.74) is 1.92. The van der Waals surface area contributed by atoms with Crippen LogP contribution in [0.5, 0.6) is 0 Å². The predicted molar refractivity (Wildman–Crippen MR) is 78.8 cm³/mol. The predicted octanol–water partition coefficient (Wildman–Crippen LogP) is 1.59. The Hall–Kier alpha value is -1.84. The molecule has 4 heteroatoms. The minimum Gasteiger partial charge on any atom is -0.550 e. The monoisotopic (exact) mass is 288 g/mol. The lowest BCUT2D eigenvalue weighted by Gasteiger charge is -2.32. The molecule has 0 bridgehead atoms. The molecule has 1 heterocycles. The van der Waals surface area contributed by atoms with Crippen molar-refractivity contribution in [2.45, 2.75) is 39.0 Å². The zero-order chi connectivity index (χ0) is 15.6. The van der Waals surface area contributed by atoms with Gasteiger partial charge in [-0.15, -0.1) is 0 Å². The van der Waals surface area contributed by atoms with E-state index in [1.54, 1.807) is 4.90 Å². The molecule has 1 aliphatic rings. The number of benzene rings is 1. The van der Waals surface area contributed by atoms with E-state index in [-0.39, 0.29) is 11.3 Å². The molecule has 1 aromatic carbocycles. The maximum absolute atomic E-state index is 12.4. The van der Waals surface area contributed by atoms with E-state index in [0.717, 1.165) is 0 Å². The molecule has 0 saturated carbocycles. The Labute approximate surface area is 125 Å². The van der Waals surface area contributed by atoms with Gasteiger partial charge in [0.25, 0.3) is 5.91 Å². The Balaban J connectivity index is 2.03. The van der Waals surface area contributed by atoms with Gasteiger partial charge in [0.05, 0.1) is 0 Å². The highest BCUT2D eigenvalue weighted by atomic mass is 16.4. The van der Waals surface area contributed by atoms with Crippen molar-refractivity contribution in [1.82, 2.24) is 4.90 Å². The summed E-state index contributed by atoms with van der Waals surface area (Å²) in [4.78, 5) is 24.9. The van der Waals surface area contributed by atoms with Crippen molar-refractivity contribution in [2.24, 2.45) is 5.92 Å². The third kappa shape index (κ3) is 3.63. The van der Waals surface area contributed by atoms with E-state index in [2.05, 4.69) is 20.8 Å². The highest BCUT2D eigenvalue weighted by Crippen LogP contribution is 2.23. The van der Waals surface area contributed by atoms with Crippen LogP contribution in [0.1, 0.15) is 49.5 Å². The number of hydrogen-bond acceptors (Lipinski definition) is 3. The molecular weight excluding hydrogens is 266 g/mol. The zero-order valence-corrected chi connectivity index (χ0v) is 12.9. The van der Waals surface area contributed by atoms with Crippen molar-refractivity contribution in [3.63, 3.8) is 0 Å². The van der Waals surface area contributed by atoms with Crippen LogP contribution in [0.15, 0.2) is 24.3 Å². The third-order valence-corrected chi connectivity index (χ3v) is 4.11. The van der Waals surface area contributed by atoms with Gasteiger partial charge in [-0.3, -0.25) is 4.79 Å². The van der Waals surface area contributed by atoms with Gasteiger partial charge in [-0.1, -0.05) is 32.9 Å². The molecule has 1 saturated heterocycles. The molecule has 1 fully saturated rings. The topological polar surface area (TPSA) is 60.4 Å². The van der Waals surface area contributed by atoms with Crippen molar-refractivity contribution in [3.8, 4) is 0 Å². The summed E-state index contributed by atoms with van der Waals surface area (Å²) in [7, 11) is 0. The standard InChI is InChI=1S/C17H23NO3/c1-17(2,3)14-6-4-12(5-7-14)15(19)18-10-8-13(9-11-18)16(20)21/h4-7,13H,8-11H2,1-3H3,(H,20,21)/p-1. The van der Waals surface area contributed by atoms with Crippen molar-refractivity contribution < 1.29 is 14.7 Å². The first-order valence-corrected chi connectivity index (χ1v) is 7.39. The van der Waals surface area contributed by atoms with Crippen LogP contribution in [0.3, 0.4) is 0 Å². The van der Waals surface area contributed by atoms with E-state index in [9.17, 15) is 14.7 Å². The molecule has 1 amide bonds. The molecule has 0 N–H and O–H groups in total. The van der Waals surface area contributed by atoms with Gasteiger partial charge < -0.3 is 14.8 Å². The smallest absolute Gasteiger partial charge is 0.253 e. The summed E-state index contributed by atoms with van der Waals surface area (Å²) in [6, 6.07) is 7.68. The van der Waals surface area contributed by atoms with Gasteiger partial charge in [0.2, 0.25) is 0 Å². The Bertz CT molecular complexity index is 520. The molecule has 0 spiro atoms. The number of carboxylic acids is 1. The van der Waals surface area contributed by atoms with Gasteiger partial charge in [0, 0.05) is 30.5 Å². The number of likely N-dealkylation sites (tertiary alicyclic amines) is 1. The summed E-state index contributed by atoms with van der Waals surface area (Å²) in [6.45, 7) is 7.37. The average Bonchev–Trinajstić information content (AvgIpc) is 2.46. The molecule has 114 valence electrons. The lowest BCUT2D eigenvalue weighted by atomic mass is 9.86. The van der Waals surface area contributed by atoms with E-state index in [1.165, 1.54) is 5.56 Å². The Morgan fingerprint density at radius 2 is 1.62 bits per heavy atom. The van der Waals surface area contributed by atoms with Gasteiger partial charge >= 0.3 is 0 Å². The van der Waals surface area contributed by atoms with Crippen LogP contribution < -0.4 is 5.11 Å². The molecule has 1 aliphatic heterocycles. The van der Waals surface area contributed by atoms with Crippen LogP contribution in [0, 0.1) is 5.92 Å². The van der Waals surface area contributed by atoms with Crippen molar-refractivity contribution in [2.75, 3.05) is 13.1 Å². The lowest BCUT2D eigenvalue weighted by Crippen LogP contribution is -2.43. The molecule has 0 radical (unpaired) electrons. The summed E-state index contributed by atoms with van der Waals surface area (Å²) < 4.78 is 0. The van der Waals surface area contributed by atoms with Gasteiger partial charge in [0.15, 0.2) is 0 Å². The first-order chi connectivity index (χ1) is 9.79. The number of aliphatic carboxylic acids is 1. The number of rotatable bonds is 2. The molecular formula is C17H22NO3-. The van der Waals surface area contributed by atoms with E-state index in [4.69, 9.17) is 0 Å². The molecule has 0 aromatic heterocycles. The average molecular weight is 288 g/mol. The maximum Gasteiger partial charge on any atom is 0.253 e. The zero-order valence-electron chi connectivity index (χ0n) is 12.9. The second-order valence-corrected chi connectivity index (χ2v) is 6.71. The lowest BCUT2D eigenvalue weighted by molar-refractivity contribution is -0.312. The molecule has 0 unspecified atom stereocenters. The third-order valence-electron chi connectivity index (χ3n) is 4.11. The Kier molecular flexibility index (Phi) is 4.35. The largest absolute Gasteiger partial charge is 0.550 e. The van der Waals surface area contributed by atoms with Crippen molar-refractivity contribution in [1.29, 1.82) is 0 Å². The number of amides is 1. The second-order valence-electron chi connectivity index (χ2n) is 6.71. The van der Waals surface area contributed by atoms with Gasteiger partial charge in [-0.05, 0) is 36.0 Å². The van der Waals surface area contributed by atoms with Crippen LogP contribution in [-0.2, 0) is 10.2 Å². The van der Waals surface area contributed by atoms with Crippen LogP contribution in [0.4, 0.5) is 0 Å². The number of carboxylic acid groups (broad SMARTS) is 1. The fourth-order valence-electron chi connectivity index (χ4n) is 2.61. The summed E-state index contributed by atoms with van der Waals surface area (Å²) in [6.07, 6.45) is 0.961. The second kappa shape index (κ2) is 5.88. The van der Waals surface area contributed by atoms with E-state index < -0.39 is 11.9 Å². The number of piperidine rings is 1. The minimum absolute atomic E-state index is 0.0211. The molecule has 21 heavy (non-hydrogen) atoms. The van der Waals surface area contributed by atoms with Gasteiger partial charge in [-0.25, -0.2) is 0 Å². The Morgan fingerprint density at radius 3 is 2.05 bits per heavy atom. The van der Waals surface area contributed by atoms with Crippen LogP contribution in [-0.4, -0.2) is 29.9 Å². The fourth-order valence-corrected chi connectivity index (χ4v) is 2.61. The summed E-state index contributed by atoms with van der Waals surface area (Å²) in [5.74, 6) is -1.44. The molecule has 0 aliphatic carbocycles. The molecule has 2 rings (SSSR count). The number of hydrogen-bond donors (Lipinski definition) is 0. The van der Waals surface area contributed by atoms with Crippen LogP contribution in [0.25, 0.3) is 0 Å². The summed E-state index contributed by atoms with van der Waals surface area (Å²) >= 11 is 0. The molecule has 4 nitrogen and oxygen atoms in total. The van der Waals surface area contributed by atoms with Gasteiger partial charge in [-0.2, -0.15) is 0 Å². The number of nitrogens with zero attached hydrogens (tertiary/aromatic N) is 1. The highest BCUT2D eigenvalue weighted by molar-refractivity contribution is 5.94. The summed E-state index contributed by atoms with van der Waals surface area (Å²) in [5, 5.41) is 10.8. The van der Waals surface area contributed by atoms with Crippen molar-refractivity contribution in [3.05, 3.63) is 35.4 Å². The van der Waals surface area contributed by atoms with Crippen LogP contribution in [0.2, 0.25) is 0 Å². The molecule has 1 aromatic rings. The minimum atomic E-state index is -1.00. The van der Waals surface area contributed by atoms with E-state index in [0.29, 0.717) is 31.5 Å². The quantitative estimate of drug-likeness (QED) is 0.830. The highest BCUT2D eigenvalue weighted by Gasteiger charge is 2.24. The first kappa shape index (κ1) is 15.5. The SMILES string of the molecule is CC(C)(C)c1ccc(C(=O)N2CCC(C(=O)[O-])CC2)cc1. The van der Waals surface area contributed by atoms with Crippen molar-refractivity contribution >= 4 is 11.9 Å². The van der Waals surface area contributed by atoms with E-state index >= 15 is 0 Å². The van der Waals surface area contributed by atoms with Gasteiger partial charge in [0.1, 0.15) is 0 Å². The first-order valence-electron chi connectivity index (χ1n) is 7.39. The maximum atomic E-state index is 12.4. The fraction of sp³-hybridized carbons (Fsp3) is 0.529. The normalized spacial score (nSPS) is 16.8.